The van der Waals surface area contributed by atoms with E-state index >= 15 is 0 Å². The van der Waals surface area contributed by atoms with E-state index in [1.807, 2.05) is 38.1 Å². The summed E-state index contributed by atoms with van der Waals surface area (Å²) in [4.78, 5) is 32.8. The number of aromatic nitrogens is 2. The lowest BCUT2D eigenvalue weighted by atomic mass is 9.95. The van der Waals surface area contributed by atoms with E-state index in [1.165, 1.54) is 22.5 Å². The third kappa shape index (κ3) is 5.64. The van der Waals surface area contributed by atoms with E-state index in [1.54, 1.807) is 25.5 Å². The molecule has 4 aromatic rings. The molecule has 44 heavy (non-hydrogen) atoms. The minimum absolute atomic E-state index is 0.0540. The molecule has 1 atom stereocenters. The Labute approximate surface area is 261 Å². The smallest absolute Gasteiger partial charge is 0.338 e. The van der Waals surface area contributed by atoms with E-state index in [0.717, 1.165) is 22.6 Å². The van der Waals surface area contributed by atoms with Gasteiger partial charge < -0.3 is 18.8 Å². The van der Waals surface area contributed by atoms with Crippen LogP contribution in [0.2, 0.25) is 0 Å². The van der Waals surface area contributed by atoms with E-state index in [9.17, 15) is 9.59 Å². The summed E-state index contributed by atoms with van der Waals surface area (Å²) in [6.45, 7) is 16.0. The fourth-order valence-corrected chi connectivity index (χ4v) is 6.69. The highest BCUT2D eigenvalue weighted by atomic mass is 32.1. The third-order valence-electron chi connectivity index (χ3n) is 7.89. The molecule has 0 fully saturated rings. The molecule has 230 valence electrons. The Hall–Kier alpha value is -4.37. The van der Waals surface area contributed by atoms with Crippen molar-refractivity contribution in [3.8, 4) is 17.2 Å². The molecule has 9 heteroatoms. The summed E-state index contributed by atoms with van der Waals surface area (Å²) in [5.74, 6) is 0.581. The first-order chi connectivity index (χ1) is 20.9. The number of hydrogen-bond donors (Lipinski definition) is 0. The van der Waals surface area contributed by atoms with E-state index < -0.39 is 12.0 Å². The lowest BCUT2D eigenvalue weighted by Gasteiger charge is -2.25. The summed E-state index contributed by atoms with van der Waals surface area (Å²) < 4.78 is 21.3. The number of rotatable bonds is 8. The van der Waals surface area contributed by atoms with Gasteiger partial charge in [-0.1, -0.05) is 23.5 Å². The van der Waals surface area contributed by atoms with Gasteiger partial charge in [-0.05, 0) is 114 Å². The lowest BCUT2D eigenvalue weighted by Crippen LogP contribution is -2.40. The highest BCUT2D eigenvalue weighted by Crippen LogP contribution is 2.36. The first-order valence-electron chi connectivity index (χ1n) is 14.8. The van der Waals surface area contributed by atoms with Gasteiger partial charge in [0.1, 0.15) is 0 Å². The Morgan fingerprint density at radius 3 is 2.43 bits per heavy atom. The average Bonchev–Trinajstić information content (AvgIpc) is 3.43. The van der Waals surface area contributed by atoms with Crippen LogP contribution in [-0.2, 0) is 9.53 Å². The fourth-order valence-electron chi connectivity index (χ4n) is 5.65. The quantitative estimate of drug-likeness (QED) is 0.241. The van der Waals surface area contributed by atoms with Crippen molar-refractivity contribution in [1.82, 2.24) is 9.13 Å². The normalized spacial score (nSPS) is 15.0. The largest absolute Gasteiger partial charge is 0.493 e. The molecule has 0 aliphatic carbocycles. The van der Waals surface area contributed by atoms with Gasteiger partial charge in [-0.2, -0.15) is 0 Å². The molecule has 0 saturated carbocycles. The molecule has 5 rings (SSSR count). The van der Waals surface area contributed by atoms with Crippen LogP contribution in [0.5, 0.6) is 11.5 Å². The van der Waals surface area contributed by atoms with Crippen LogP contribution in [0.1, 0.15) is 67.4 Å². The molecule has 0 radical (unpaired) electrons. The third-order valence-corrected chi connectivity index (χ3v) is 8.87. The van der Waals surface area contributed by atoms with E-state index in [2.05, 4.69) is 56.5 Å². The maximum Gasteiger partial charge on any atom is 0.338 e. The molecule has 1 aliphatic heterocycles. The highest BCUT2D eigenvalue weighted by Gasteiger charge is 2.34. The molecule has 0 spiro atoms. The van der Waals surface area contributed by atoms with Crippen molar-refractivity contribution in [1.29, 1.82) is 0 Å². The Morgan fingerprint density at radius 2 is 1.77 bits per heavy atom. The van der Waals surface area contributed by atoms with Gasteiger partial charge in [0.2, 0.25) is 0 Å². The van der Waals surface area contributed by atoms with E-state index in [0.29, 0.717) is 37.7 Å². The van der Waals surface area contributed by atoms with Crippen LogP contribution in [0, 0.1) is 27.7 Å². The van der Waals surface area contributed by atoms with Crippen LogP contribution in [0.3, 0.4) is 0 Å². The first kappa shape index (κ1) is 31.1. The Kier molecular flexibility index (Phi) is 8.70. The number of ether oxygens (including phenoxy) is 3. The molecule has 0 bridgehead atoms. The molecule has 2 aromatic carbocycles. The number of hydrogen-bond acceptors (Lipinski definition) is 7. The number of esters is 1. The van der Waals surface area contributed by atoms with E-state index in [4.69, 9.17) is 19.2 Å². The van der Waals surface area contributed by atoms with Crippen molar-refractivity contribution in [3.63, 3.8) is 0 Å². The molecule has 8 nitrogen and oxygen atoms in total. The monoisotopic (exact) mass is 613 g/mol. The van der Waals surface area contributed by atoms with Crippen LogP contribution in [0.4, 0.5) is 0 Å². The van der Waals surface area contributed by atoms with Crippen molar-refractivity contribution >= 4 is 23.4 Å². The van der Waals surface area contributed by atoms with Crippen molar-refractivity contribution < 1.29 is 19.0 Å². The Bertz CT molecular complexity index is 1980. The number of carbonyl (C=O) groups is 1. The number of thiazole rings is 1. The number of benzene rings is 2. The maximum atomic E-state index is 14.2. The van der Waals surface area contributed by atoms with Crippen molar-refractivity contribution in [2.45, 2.75) is 67.5 Å². The minimum atomic E-state index is -0.752. The van der Waals surface area contributed by atoms with Crippen LogP contribution in [-0.4, -0.2) is 34.9 Å². The van der Waals surface area contributed by atoms with Gasteiger partial charge in [0.15, 0.2) is 16.3 Å². The van der Waals surface area contributed by atoms with Gasteiger partial charge >= 0.3 is 5.97 Å². The lowest BCUT2D eigenvalue weighted by molar-refractivity contribution is -0.139. The SMILES string of the molecule is CCOC(=O)C1=C(C)N=c2s/c(=C\c3cc(C)n(-c4ccc(C)c(C)c4)c3C)c(=O)n2[C@@H]1c1ccc(OC(C)C)c(OC)c1. The van der Waals surface area contributed by atoms with Gasteiger partial charge in [0.25, 0.3) is 5.56 Å². The van der Waals surface area contributed by atoms with Crippen LogP contribution < -0.4 is 24.4 Å². The molecule has 2 aromatic heterocycles. The van der Waals surface area contributed by atoms with Gasteiger partial charge in [-0.25, -0.2) is 9.79 Å². The van der Waals surface area contributed by atoms with Crippen LogP contribution in [0.25, 0.3) is 11.8 Å². The topological polar surface area (TPSA) is 84.1 Å². The molecule has 0 amide bonds. The van der Waals surface area contributed by atoms with Crippen molar-refractivity contribution in [2.75, 3.05) is 13.7 Å². The van der Waals surface area contributed by atoms with Crippen LogP contribution in [0.15, 0.2) is 63.5 Å². The standard InChI is InChI=1S/C35H39N3O5S/c1-10-42-34(40)31-23(7)36-35-38(32(31)25-12-14-28(43-19(2)3)29(17-25)41-9)33(39)30(44-35)18-26-16-22(6)37(24(26)8)27-13-11-20(4)21(5)15-27/h11-19,32H,10H2,1-9H3/b30-18-/t32-/m1/s1. The predicted molar refractivity (Wildman–Crippen MR) is 174 cm³/mol. The first-order valence-corrected chi connectivity index (χ1v) is 15.6. The number of methoxy groups -OCH3 is 1. The summed E-state index contributed by atoms with van der Waals surface area (Å²) in [7, 11) is 1.57. The summed E-state index contributed by atoms with van der Waals surface area (Å²) in [5, 5.41) is 0. The van der Waals surface area contributed by atoms with E-state index in [-0.39, 0.29) is 18.3 Å². The molecular formula is C35H39N3O5S. The summed E-state index contributed by atoms with van der Waals surface area (Å²) in [6.07, 6.45) is 1.87. The van der Waals surface area contributed by atoms with Crippen molar-refractivity contribution in [3.05, 3.63) is 107 Å². The molecule has 0 saturated heterocycles. The Morgan fingerprint density at radius 1 is 1.02 bits per heavy atom. The van der Waals surface area contributed by atoms with Gasteiger partial charge in [-0.3, -0.25) is 9.36 Å². The Balaban J connectivity index is 1.69. The second-order valence-electron chi connectivity index (χ2n) is 11.3. The van der Waals surface area contributed by atoms with Crippen molar-refractivity contribution in [2.24, 2.45) is 4.99 Å². The summed E-state index contributed by atoms with van der Waals surface area (Å²) >= 11 is 1.31. The zero-order valence-electron chi connectivity index (χ0n) is 26.8. The van der Waals surface area contributed by atoms with Gasteiger partial charge in [-0.15, -0.1) is 0 Å². The second kappa shape index (κ2) is 12.3. The van der Waals surface area contributed by atoms with Crippen LogP contribution >= 0.6 is 11.3 Å². The number of allylic oxidation sites excluding steroid dienone is 1. The number of aryl methyl sites for hydroxylation is 3. The highest BCUT2D eigenvalue weighted by molar-refractivity contribution is 7.07. The molecular weight excluding hydrogens is 574 g/mol. The predicted octanol–water partition coefficient (Wildman–Crippen LogP) is 5.62. The molecule has 0 unspecified atom stereocenters. The summed E-state index contributed by atoms with van der Waals surface area (Å²) in [5.41, 5.74) is 7.87. The number of carbonyl (C=O) groups excluding carboxylic acids is 1. The molecule has 3 heterocycles. The second-order valence-corrected chi connectivity index (χ2v) is 12.3. The zero-order chi connectivity index (χ0) is 31.9. The minimum Gasteiger partial charge on any atom is -0.493 e. The van der Waals surface area contributed by atoms with Gasteiger partial charge in [0.05, 0.1) is 41.7 Å². The zero-order valence-corrected chi connectivity index (χ0v) is 27.6. The fraction of sp³-hybridized carbons (Fsp3) is 0.343. The summed E-state index contributed by atoms with van der Waals surface area (Å²) in [6, 6.07) is 13.2. The molecule has 1 aliphatic rings. The number of fused-ring (bicyclic) bond motifs is 1. The average molecular weight is 614 g/mol. The maximum absolute atomic E-state index is 14.2. The van der Waals surface area contributed by atoms with Gasteiger partial charge in [0, 0.05) is 17.1 Å². The number of nitrogens with zero attached hydrogens (tertiary/aromatic N) is 3. The molecule has 0 N–H and O–H groups in total.